The van der Waals surface area contributed by atoms with Gasteiger partial charge in [-0.25, -0.2) is 13.2 Å². The molecular weight excluding hydrogens is 451 g/mol. The molecule has 3 aromatic rings. The second-order valence-electron chi connectivity index (χ2n) is 9.82. The van der Waals surface area contributed by atoms with Gasteiger partial charge in [0.25, 0.3) is 0 Å². The lowest BCUT2D eigenvalue weighted by molar-refractivity contribution is -0.0502. The van der Waals surface area contributed by atoms with E-state index < -0.39 is 17.5 Å². The van der Waals surface area contributed by atoms with Gasteiger partial charge in [0.05, 0.1) is 7.11 Å². The maximum absolute atomic E-state index is 14.2. The number of hydrogen-bond acceptors (Lipinski definition) is 3. The van der Waals surface area contributed by atoms with Crippen LogP contribution in [0.3, 0.4) is 0 Å². The smallest absolute Gasteiger partial charge is 0.166 e. The second kappa shape index (κ2) is 9.50. The number of halogens is 3. The predicted molar refractivity (Wildman–Crippen MR) is 128 cm³/mol. The molecule has 0 radical (unpaired) electrons. The number of Topliss-reactive ketones (excluding diaryl/α,β-unsaturated/α-hetero) is 1. The van der Waals surface area contributed by atoms with E-state index in [9.17, 15) is 18.0 Å². The number of ether oxygens (including phenoxy) is 1. The third-order valence-electron chi connectivity index (χ3n) is 7.68. The number of likely N-dealkylation sites (tertiary alicyclic amines) is 1. The molecule has 1 fully saturated rings. The number of nitrogens with zero attached hydrogens (tertiary/aromatic N) is 1. The van der Waals surface area contributed by atoms with Gasteiger partial charge in [-0.2, -0.15) is 0 Å². The predicted octanol–water partition coefficient (Wildman–Crippen LogP) is 5.99. The summed E-state index contributed by atoms with van der Waals surface area (Å²) in [7, 11) is 1.63. The summed E-state index contributed by atoms with van der Waals surface area (Å²) < 4.78 is 47.1. The Morgan fingerprint density at radius 3 is 2.37 bits per heavy atom. The molecule has 0 N–H and O–H groups in total. The van der Waals surface area contributed by atoms with Crippen molar-refractivity contribution in [2.45, 2.75) is 32.2 Å². The van der Waals surface area contributed by atoms with Gasteiger partial charge >= 0.3 is 0 Å². The van der Waals surface area contributed by atoms with Gasteiger partial charge in [0.1, 0.15) is 23.2 Å². The topological polar surface area (TPSA) is 29.5 Å². The summed E-state index contributed by atoms with van der Waals surface area (Å²) in [5, 5.41) is 0. The SMILES string of the molecule is COc1ccc(CCC2C(=O)c3ccccc3CCC23CN(Cc2c(F)cc(F)cc2F)C3)cc1. The third kappa shape index (κ3) is 4.59. The molecule has 3 nitrogen and oxygen atoms in total. The number of methoxy groups -OCH3 is 1. The average molecular weight is 480 g/mol. The standard InChI is InChI=1S/C29H28F3NO2/c1-35-22-9-6-19(7-10-22)8-11-25-28(34)23-5-3-2-4-20(23)12-13-29(25)17-33(18-29)16-24-26(31)14-21(30)15-27(24)32/h2-7,9-10,14-15,25H,8,11-13,16-18H2,1H3. The van der Waals surface area contributed by atoms with Crippen molar-refractivity contribution in [2.75, 3.05) is 20.2 Å². The van der Waals surface area contributed by atoms with Crippen molar-refractivity contribution < 1.29 is 22.7 Å². The van der Waals surface area contributed by atoms with Crippen molar-refractivity contribution in [1.82, 2.24) is 4.90 Å². The molecule has 1 unspecified atom stereocenters. The van der Waals surface area contributed by atoms with Crippen LogP contribution in [-0.2, 0) is 19.4 Å². The van der Waals surface area contributed by atoms with Gasteiger partial charge in [0, 0.05) is 54.2 Å². The summed E-state index contributed by atoms with van der Waals surface area (Å²) >= 11 is 0. The van der Waals surface area contributed by atoms with E-state index in [0.717, 1.165) is 53.8 Å². The summed E-state index contributed by atoms with van der Waals surface area (Å²) in [6, 6.07) is 17.1. The second-order valence-corrected chi connectivity index (χ2v) is 9.82. The molecular formula is C29H28F3NO2. The zero-order valence-corrected chi connectivity index (χ0v) is 19.7. The Balaban J connectivity index is 1.37. The summed E-state index contributed by atoms with van der Waals surface area (Å²) in [4.78, 5) is 15.7. The van der Waals surface area contributed by atoms with E-state index in [1.54, 1.807) is 7.11 Å². The van der Waals surface area contributed by atoms with Crippen LogP contribution in [0, 0.1) is 28.8 Å². The molecule has 0 saturated carbocycles. The van der Waals surface area contributed by atoms with Crippen molar-refractivity contribution in [1.29, 1.82) is 0 Å². The fourth-order valence-electron chi connectivity index (χ4n) is 5.82. The number of aryl methyl sites for hydroxylation is 2. The van der Waals surface area contributed by atoms with Gasteiger partial charge < -0.3 is 4.74 Å². The Labute approximate surface area is 203 Å². The lowest BCUT2D eigenvalue weighted by Gasteiger charge is -2.54. The van der Waals surface area contributed by atoms with Crippen molar-refractivity contribution in [3.8, 4) is 5.75 Å². The largest absolute Gasteiger partial charge is 0.497 e. The molecule has 1 aliphatic carbocycles. The Hall–Kier alpha value is -3.12. The molecule has 2 aliphatic rings. The van der Waals surface area contributed by atoms with Crippen LogP contribution in [0.4, 0.5) is 13.2 Å². The van der Waals surface area contributed by atoms with Crippen LogP contribution in [0.2, 0.25) is 0 Å². The lowest BCUT2D eigenvalue weighted by atomic mass is 9.64. The van der Waals surface area contributed by atoms with Crippen LogP contribution in [0.1, 0.15) is 39.9 Å². The van der Waals surface area contributed by atoms with E-state index in [4.69, 9.17) is 4.74 Å². The number of carbonyl (C=O) groups is 1. The lowest BCUT2D eigenvalue weighted by Crippen LogP contribution is -2.60. The Morgan fingerprint density at radius 2 is 1.69 bits per heavy atom. The minimum absolute atomic E-state index is 0.0615. The molecule has 1 saturated heterocycles. The number of hydrogen-bond donors (Lipinski definition) is 0. The molecule has 182 valence electrons. The minimum Gasteiger partial charge on any atom is -0.497 e. The van der Waals surface area contributed by atoms with Crippen molar-refractivity contribution in [3.05, 3.63) is 100 Å². The fourth-order valence-corrected chi connectivity index (χ4v) is 5.82. The van der Waals surface area contributed by atoms with E-state index in [1.807, 2.05) is 53.4 Å². The number of carbonyl (C=O) groups excluding carboxylic acids is 1. The zero-order chi connectivity index (χ0) is 24.6. The Morgan fingerprint density at radius 1 is 1.00 bits per heavy atom. The molecule has 3 aromatic carbocycles. The molecule has 1 atom stereocenters. The number of rotatable bonds is 6. The number of ketones is 1. The van der Waals surface area contributed by atoms with Crippen LogP contribution in [0.25, 0.3) is 0 Å². The summed E-state index contributed by atoms with van der Waals surface area (Å²) in [6.45, 7) is 1.22. The summed E-state index contributed by atoms with van der Waals surface area (Å²) in [5.74, 6) is -1.90. The Kier molecular flexibility index (Phi) is 6.41. The van der Waals surface area contributed by atoms with Gasteiger partial charge in [0.15, 0.2) is 5.78 Å². The third-order valence-corrected chi connectivity index (χ3v) is 7.68. The van der Waals surface area contributed by atoms with Crippen LogP contribution in [0.15, 0.2) is 60.7 Å². The highest BCUT2D eigenvalue weighted by Gasteiger charge is 2.52. The van der Waals surface area contributed by atoms with Gasteiger partial charge in [-0.15, -0.1) is 0 Å². The molecule has 0 amide bonds. The zero-order valence-electron chi connectivity index (χ0n) is 19.7. The monoisotopic (exact) mass is 479 g/mol. The first-order valence-electron chi connectivity index (χ1n) is 12.0. The van der Waals surface area contributed by atoms with E-state index >= 15 is 0 Å². The molecule has 0 aromatic heterocycles. The van der Waals surface area contributed by atoms with E-state index in [2.05, 4.69) is 0 Å². The van der Waals surface area contributed by atoms with Gasteiger partial charge in [-0.1, -0.05) is 36.4 Å². The number of fused-ring (bicyclic) bond motifs is 1. The summed E-state index contributed by atoms with van der Waals surface area (Å²) in [6.07, 6.45) is 3.10. The maximum atomic E-state index is 14.2. The van der Waals surface area contributed by atoms with Gasteiger partial charge in [-0.3, -0.25) is 9.69 Å². The first kappa shape index (κ1) is 23.6. The molecule has 0 bridgehead atoms. The van der Waals surface area contributed by atoms with E-state index in [1.165, 1.54) is 0 Å². The fraction of sp³-hybridized carbons (Fsp3) is 0.345. The number of benzene rings is 3. The van der Waals surface area contributed by atoms with Crippen molar-refractivity contribution >= 4 is 5.78 Å². The Bertz CT molecular complexity index is 1210. The van der Waals surface area contributed by atoms with Crippen LogP contribution < -0.4 is 4.74 Å². The van der Waals surface area contributed by atoms with Crippen molar-refractivity contribution in [2.24, 2.45) is 11.3 Å². The first-order valence-corrected chi connectivity index (χ1v) is 12.0. The normalized spacial score (nSPS) is 19.2. The summed E-state index contributed by atoms with van der Waals surface area (Å²) in [5.41, 5.74) is 2.61. The molecule has 5 rings (SSSR count). The quantitative estimate of drug-likeness (QED) is 0.435. The van der Waals surface area contributed by atoms with Crippen LogP contribution >= 0.6 is 0 Å². The van der Waals surface area contributed by atoms with Gasteiger partial charge in [-0.05, 0) is 48.9 Å². The van der Waals surface area contributed by atoms with Crippen molar-refractivity contribution in [3.63, 3.8) is 0 Å². The van der Waals surface area contributed by atoms with Gasteiger partial charge in [0.2, 0.25) is 0 Å². The molecule has 1 heterocycles. The molecule has 6 heteroatoms. The minimum atomic E-state index is -0.922. The maximum Gasteiger partial charge on any atom is 0.166 e. The molecule has 35 heavy (non-hydrogen) atoms. The highest BCUT2D eigenvalue weighted by molar-refractivity contribution is 6.00. The molecule has 1 aliphatic heterocycles. The highest BCUT2D eigenvalue weighted by Crippen LogP contribution is 2.48. The van der Waals surface area contributed by atoms with E-state index in [0.29, 0.717) is 19.5 Å². The molecule has 1 spiro atoms. The van der Waals surface area contributed by atoms with E-state index in [-0.39, 0.29) is 29.2 Å². The first-order chi connectivity index (χ1) is 16.9. The average Bonchev–Trinajstić information content (AvgIpc) is 2.94. The van der Waals surface area contributed by atoms with Crippen LogP contribution in [-0.4, -0.2) is 30.9 Å². The highest BCUT2D eigenvalue weighted by atomic mass is 19.1. The van der Waals surface area contributed by atoms with Crippen LogP contribution in [0.5, 0.6) is 5.75 Å².